The van der Waals surface area contributed by atoms with Crippen molar-refractivity contribution in [3.05, 3.63) is 52.7 Å². The van der Waals surface area contributed by atoms with E-state index in [0.717, 1.165) is 24.6 Å². The first-order chi connectivity index (χ1) is 15.0. The molecule has 1 fully saturated rings. The molecule has 2 aromatic rings. The van der Waals surface area contributed by atoms with Crippen molar-refractivity contribution in [1.82, 2.24) is 4.98 Å². The molecule has 1 aliphatic rings. The second kappa shape index (κ2) is 12.1. The normalized spacial score (nSPS) is 12.7. The van der Waals surface area contributed by atoms with Gasteiger partial charge in [0.05, 0.1) is 5.56 Å². The topological polar surface area (TPSA) is 60.2 Å². The largest absolute Gasteiger partial charge is 0.417 e. The Hall–Kier alpha value is -3.08. The first kappa shape index (κ1) is 27.0. The zero-order valence-corrected chi connectivity index (χ0v) is 19.5. The molecule has 1 aliphatic heterocycles. The number of pyridine rings is 1. The van der Waals surface area contributed by atoms with Crippen molar-refractivity contribution < 1.29 is 18.0 Å². The third kappa shape index (κ3) is 7.26. The zero-order chi connectivity index (χ0) is 24.5. The van der Waals surface area contributed by atoms with Crippen LogP contribution >= 0.6 is 0 Å². The maximum atomic E-state index is 12.9. The molecule has 174 valence electrons. The van der Waals surface area contributed by atoms with Crippen LogP contribution in [0.3, 0.4) is 0 Å². The van der Waals surface area contributed by atoms with E-state index in [-0.39, 0.29) is 23.0 Å². The molecular formula is C24H31F3N4O. The monoisotopic (exact) mass is 448 g/mol. The highest BCUT2D eigenvalue weighted by Gasteiger charge is 2.36. The Kier molecular flexibility index (Phi) is 10.2. The number of aryl methyl sites for hydroxylation is 2. The lowest BCUT2D eigenvalue weighted by molar-refractivity contribution is -0.137. The number of nitrogens with zero attached hydrogens (tertiary/aromatic N) is 4. The van der Waals surface area contributed by atoms with Gasteiger partial charge in [-0.25, -0.2) is 4.98 Å². The first-order valence-corrected chi connectivity index (χ1v) is 10.6. The highest BCUT2D eigenvalue weighted by atomic mass is 19.4. The quantitative estimate of drug-likeness (QED) is 0.575. The number of nitriles is 1. The average Bonchev–Trinajstić information content (AvgIpc) is 3.28. The van der Waals surface area contributed by atoms with Crippen molar-refractivity contribution in [2.75, 3.05) is 29.9 Å². The van der Waals surface area contributed by atoms with Crippen molar-refractivity contribution in [2.45, 2.75) is 53.6 Å². The number of amides is 1. The molecule has 0 N–H and O–H groups in total. The van der Waals surface area contributed by atoms with Gasteiger partial charge in [0, 0.05) is 38.4 Å². The summed E-state index contributed by atoms with van der Waals surface area (Å²) < 4.78 is 38.7. The molecule has 32 heavy (non-hydrogen) atoms. The maximum absolute atomic E-state index is 12.9. The van der Waals surface area contributed by atoms with Gasteiger partial charge in [-0.3, -0.25) is 4.79 Å². The Bertz CT molecular complexity index is 945. The van der Waals surface area contributed by atoms with E-state index in [9.17, 15) is 18.0 Å². The summed E-state index contributed by atoms with van der Waals surface area (Å²) in [6.45, 7) is 10.4. The predicted octanol–water partition coefficient (Wildman–Crippen LogP) is 5.88. The fraction of sp³-hybridized carbons (Fsp3) is 0.458. The van der Waals surface area contributed by atoms with E-state index >= 15 is 0 Å². The minimum absolute atomic E-state index is 0.0561. The van der Waals surface area contributed by atoms with E-state index in [4.69, 9.17) is 5.26 Å². The summed E-state index contributed by atoms with van der Waals surface area (Å²) in [6.07, 6.45) is -2.68. The Morgan fingerprint density at radius 2 is 1.75 bits per heavy atom. The number of hydrogen-bond acceptors (Lipinski definition) is 4. The standard InChI is InChI=1S/C12H12F3N3.C10H13NO.C2H6/c1-8-6-10(12(13,14)15)9(7-16)11(17-8)18-4-2-3-5-18;1-8-5-4-6-10(7-8)11(3)9(2)12;1-2/h6H,2-5H2,1H3;4-7H,1-3H3;1-2H3. The molecule has 0 radical (unpaired) electrons. The van der Waals surface area contributed by atoms with Crippen LogP contribution in [0.15, 0.2) is 30.3 Å². The first-order valence-electron chi connectivity index (χ1n) is 10.6. The summed E-state index contributed by atoms with van der Waals surface area (Å²) in [4.78, 5) is 18.5. The number of anilines is 2. The number of halogens is 3. The number of rotatable bonds is 2. The number of alkyl halides is 3. The van der Waals surface area contributed by atoms with Crippen LogP contribution in [-0.4, -0.2) is 31.0 Å². The number of carbonyl (C=O) groups is 1. The minimum Gasteiger partial charge on any atom is -0.356 e. The van der Waals surface area contributed by atoms with Crippen LogP contribution in [-0.2, 0) is 11.0 Å². The lowest BCUT2D eigenvalue weighted by atomic mass is 10.1. The van der Waals surface area contributed by atoms with Gasteiger partial charge in [0.15, 0.2) is 0 Å². The average molecular weight is 449 g/mol. The van der Waals surface area contributed by atoms with Crippen LogP contribution in [0.25, 0.3) is 0 Å². The Morgan fingerprint density at radius 1 is 1.16 bits per heavy atom. The van der Waals surface area contributed by atoms with E-state index < -0.39 is 11.7 Å². The fourth-order valence-electron chi connectivity index (χ4n) is 3.17. The zero-order valence-electron chi connectivity index (χ0n) is 19.5. The molecule has 5 nitrogen and oxygen atoms in total. The maximum Gasteiger partial charge on any atom is 0.417 e. The summed E-state index contributed by atoms with van der Waals surface area (Å²) in [7, 11) is 1.77. The van der Waals surface area contributed by atoms with Crippen molar-refractivity contribution in [3.63, 3.8) is 0 Å². The molecule has 0 aliphatic carbocycles. The van der Waals surface area contributed by atoms with Gasteiger partial charge in [0.2, 0.25) is 5.91 Å². The van der Waals surface area contributed by atoms with Crippen LogP contribution in [0, 0.1) is 25.2 Å². The van der Waals surface area contributed by atoms with Crippen LogP contribution in [0.4, 0.5) is 24.7 Å². The number of benzene rings is 1. The molecule has 0 bridgehead atoms. The van der Waals surface area contributed by atoms with Gasteiger partial charge in [-0.1, -0.05) is 26.0 Å². The molecule has 8 heteroatoms. The number of carbonyl (C=O) groups excluding carboxylic acids is 1. The van der Waals surface area contributed by atoms with Gasteiger partial charge < -0.3 is 9.80 Å². The van der Waals surface area contributed by atoms with Crippen LogP contribution in [0.2, 0.25) is 0 Å². The summed E-state index contributed by atoms with van der Waals surface area (Å²) in [5, 5.41) is 9.00. The molecule has 1 amide bonds. The number of hydrogen-bond donors (Lipinski definition) is 0. The summed E-state index contributed by atoms with van der Waals surface area (Å²) >= 11 is 0. The van der Waals surface area contributed by atoms with E-state index in [2.05, 4.69) is 4.98 Å². The molecule has 1 saturated heterocycles. The second-order valence-corrected chi connectivity index (χ2v) is 7.23. The summed E-state index contributed by atoms with van der Waals surface area (Å²) in [5.41, 5.74) is 1.14. The molecule has 3 rings (SSSR count). The molecule has 1 aromatic carbocycles. The number of aromatic nitrogens is 1. The van der Waals surface area contributed by atoms with E-state index in [1.165, 1.54) is 12.5 Å². The highest BCUT2D eigenvalue weighted by molar-refractivity contribution is 5.90. The molecule has 2 heterocycles. The van der Waals surface area contributed by atoms with Crippen molar-refractivity contribution in [2.24, 2.45) is 0 Å². The second-order valence-electron chi connectivity index (χ2n) is 7.23. The Labute approximate surface area is 188 Å². The van der Waals surface area contributed by atoms with Crippen LogP contribution in [0.5, 0.6) is 0 Å². The SMILES string of the molecule is CC.CC(=O)N(C)c1cccc(C)c1.Cc1cc(C(F)(F)F)c(C#N)c(N2CCCC2)n1. The minimum atomic E-state index is -4.52. The summed E-state index contributed by atoms with van der Waals surface area (Å²) in [5.74, 6) is 0.225. The van der Waals surface area contributed by atoms with E-state index in [0.29, 0.717) is 13.1 Å². The van der Waals surface area contributed by atoms with Gasteiger partial charge in [-0.2, -0.15) is 18.4 Å². The van der Waals surface area contributed by atoms with Gasteiger partial charge in [0.1, 0.15) is 17.5 Å². The summed E-state index contributed by atoms with van der Waals surface area (Å²) in [6, 6.07) is 10.5. The Morgan fingerprint density at radius 3 is 2.22 bits per heavy atom. The van der Waals surface area contributed by atoms with Crippen LogP contribution in [0.1, 0.15) is 56.0 Å². The Balaban J connectivity index is 0.000000318. The predicted molar refractivity (Wildman–Crippen MR) is 122 cm³/mol. The third-order valence-corrected chi connectivity index (χ3v) is 4.81. The molecule has 1 aromatic heterocycles. The highest BCUT2D eigenvalue weighted by Crippen LogP contribution is 2.36. The lowest BCUT2D eigenvalue weighted by Gasteiger charge is -2.20. The van der Waals surface area contributed by atoms with Crippen molar-refractivity contribution >= 4 is 17.4 Å². The van der Waals surface area contributed by atoms with E-state index in [1.807, 2.05) is 45.0 Å². The molecule has 0 spiro atoms. The van der Waals surface area contributed by atoms with E-state index in [1.54, 1.807) is 29.8 Å². The van der Waals surface area contributed by atoms with Crippen molar-refractivity contribution in [1.29, 1.82) is 5.26 Å². The smallest absolute Gasteiger partial charge is 0.356 e. The molecule has 0 saturated carbocycles. The van der Waals surface area contributed by atoms with Gasteiger partial charge in [-0.05, 0) is 50.5 Å². The van der Waals surface area contributed by atoms with Crippen molar-refractivity contribution in [3.8, 4) is 6.07 Å². The third-order valence-electron chi connectivity index (χ3n) is 4.81. The molecule has 0 atom stereocenters. The van der Waals surface area contributed by atoms with Gasteiger partial charge in [0.25, 0.3) is 0 Å². The lowest BCUT2D eigenvalue weighted by Crippen LogP contribution is -2.22. The molecular weight excluding hydrogens is 417 g/mol. The fourth-order valence-corrected chi connectivity index (χ4v) is 3.17. The van der Waals surface area contributed by atoms with Crippen LogP contribution < -0.4 is 9.80 Å². The molecule has 0 unspecified atom stereocenters. The van der Waals surface area contributed by atoms with Gasteiger partial charge >= 0.3 is 6.18 Å². The van der Waals surface area contributed by atoms with Gasteiger partial charge in [-0.15, -0.1) is 0 Å².